The van der Waals surface area contributed by atoms with Crippen LogP contribution in [0.15, 0.2) is 62.2 Å². The first kappa shape index (κ1) is 13.1. The average molecular weight is 246 g/mol. The van der Waals surface area contributed by atoms with Crippen molar-refractivity contribution >= 4 is 18.2 Å². The van der Waals surface area contributed by atoms with Gasteiger partial charge in [0.15, 0.2) is 0 Å². The van der Waals surface area contributed by atoms with Gasteiger partial charge in [-0.25, -0.2) is 0 Å². The minimum absolute atomic E-state index is 0.907. The second kappa shape index (κ2) is 6.01. The molecule has 0 unspecified atom stereocenters. The van der Waals surface area contributed by atoms with Crippen molar-refractivity contribution < 1.29 is 0 Å². The van der Waals surface area contributed by atoms with Gasteiger partial charge in [0.2, 0.25) is 0 Å². The van der Waals surface area contributed by atoms with Gasteiger partial charge < -0.3 is 0 Å². The molecule has 0 bridgehead atoms. The van der Waals surface area contributed by atoms with Crippen LogP contribution in [0.4, 0.5) is 0 Å². The first-order chi connectivity index (χ1) is 9.25. The molecular weight excluding hydrogens is 228 g/mol. The van der Waals surface area contributed by atoms with Crippen molar-refractivity contribution in [1.82, 2.24) is 0 Å². The molecule has 0 amide bonds. The molecule has 0 fully saturated rings. The van der Waals surface area contributed by atoms with Crippen LogP contribution in [0.5, 0.6) is 0 Å². The Balaban J connectivity index is 2.33. The number of hydrogen-bond acceptors (Lipinski definition) is 0. The highest BCUT2D eigenvalue weighted by molar-refractivity contribution is 5.58. The topological polar surface area (TPSA) is 0 Å². The number of hydrogen-bond donors (Lipinski definition) is 0. The highest BCUT2D eigenvalue weighted by Crippen LogP contribution is 2.17. The molecule has 0 spiro atoms. The Hall–Kier alpha value is -2.34. The molecule has 0 aliphatic rings. The van der Waals surface area contributed by atoms with Gasteiger partial charge in [0.05, 0.1) is 0 Å². The third-order valence-electron chi connectivity index (χ3n) is 3.10. The molecule has 0 aliphatic carbocycles. The lowest BCUT2D eigenvalue weighted by Gasteiger charge is -2.07. The summed E-state index contributed by atoms with van der Waals surface area (Å²) >= 11 is 0. The molecule has 0 atom stereocenters. The second-order valence-corrected chi connectivity index (χ2v) is 4.54. The Morgan fingerprint density at radius 2 is 1.26 bits per heavy atom. The summed E-state index contributed by atoms with van der Waals surface area (Å²) in [6, 6.07) is 14.9. The first-order valence-electron chi connectivity index (χ1n) is 6.35. The SMILES string of the molecule is C=Cc1cccc(Cc2cc(C=C)cc(C=C)c2)c1. The summed E-state index contributed by atoms with van der Waals surface area (Å²) in [5, 5.41) is 0. The van der Waals surface area contributed by atoms with Crippen LogP contribution in [-0.2, 0) is 6.42 Å². The maximum atomic E-state index is 3.83. The molecule has 0 N–H and O–H groups in total. The number of rotatable bonds is 5. The third kappa shape index (κ3) is 3.32. The maximum Gasteiger partial charge on any atom is -0.00251 e. The van der Waals surface area contributed by atoms with Crippen molar-refractivity contribution in [3.63, 3.8) is 0 Å². The van der Waals surface area contributed by atoms with Crippen LogP contribution in [0.2, 0.25) is 0 Å². The quantitative estimate of drug-likeness (QED) is 0.679. The van der Waals surface area contributed by atoms with Crippen LogP contribution in [0.25, 0.3) is 18.2 Å². The van der Waals surface area contributed by atoms with Gasteiger partial charge in [0.25, 0.3) is 0 Å². The van der Waals surface area contributed by atoms with E-state index in [1.807, 2.05) is 18.2 Å². The average Bonchev–Trinajstić information content (AvgIpc) is 2.47. The van der Waals surface area contributed by atoms with Gasteiger partial charge in [-0.1, -0.05) is 74.4 Å². The van der Waals surface area contributed by atoms with Crippen molar-refractivity contribution in [1.29, 1.82) is 0 Å². The van der Waals surface area contributed by atoms with Gasteiger partial charge in [0.1, 0.15) is 0 Å². The fraction of sp³-hybridized carbons (Fsp3) is 0.0526. The van der Waals surface area contributed by atoms with Gasteiger partial charge in [-0.05, 0) is 40.3 Å². The molecule has 19 heavy (non-hydrogen) atoms. The van der Waals surface area contributed by atoms with E-state index in [4.69, 9.17) is 0 Å². The Labute approximate surface area is 115 Å². The fourth-order valence-electron chi connectivity index (χ4n) is 2.15. The van der Waals surface area contributed by atoms with Crippen molar-refractivity contribution in [3.8, 4) is 0 Å². The van der Waals surface area contributed by atoms with Crippen LogP contribution in [0, 0.1) is 0 Å². The Morgan fingerprint density at radius 1 is 0.684 bits per heavy atom. The second-order valence-electron chi connectivity index (χ2n) is 4.54. The summed E-state index contributed by atoms with van der Waals surface area (Å²) in [7, 11) is 0. The molecule has 2 aromatic rings. The van der Waals surface area contributed by atoms with Crippen molar-refractivity contribution in [2.24, 2.45) is 0 Å². The smallest absolute Gasteiger partial charge is 0.00251 e. The zero-order valence-corrected chi connectivity index (χ0v) is 11.1. The Morgan fingerprint density at radius 3 is 1.84 bits per heavy atom. The Kier molecular flexibility index (Phi) is 4.15. The molecule has 0 radical (unpaired) electrons. The summed E-state index contributed by atoms with van der Waals surface area (Å²) in [5.41, 5.74) is 5.98. The van der Waals surface area contributed by atoms with Crippen LogP contribution in [0.1, 0.15) is 27.8 Å². The van der Waals surface area contributed by atoms with Crippen molar-refractivity contribution in [3.05, 3.63) is 90.0 Å². The Bertz CT molecular complexity index is 591. The molecule has 94 valence electrons. The highest BCUT2D eigenvalue weighted by atomic mass is 14.1. The lowest BCUT2D eigenvalue weighted by molar-refractivity contribution is 1.19. The predicted molar refractivity (Wildman–Crippen MR) is 86.0 cm³/mol. The largest absolute Gasteiger partial charge is 0.0985 e. The van der Waals surface area contributed by atoms with Crippen LogP contribution < -0.4 is 0 Å². The van der Waals surface area contributed by atoms with E-state index < -0.39 is 0 Å². The minimum atomic E-state index is 0.907. The standard InChI is InChI=1S/C19H18/c1-4-15-8-7-9-18(10-15)14-19-12-16(5-2)11-17(6-3)13-19/h4-13H,1-3,14H2. The van der Waals surface area contributed by atoms with Gasteiger partial charge in [-0.2, -0.15) is 0 Å². The summed E-state index contributed by atoms with van der Waals surface area (Å²) < 4.78 is 0. The molecule has 0 heterocycles. The van der Waals surface area contributed by atoms with E-state index in [-0.39, 0.29) is 0 Å². The normalized spacial score (nSPS) is 9.89. The molecule has 2 rings (SSSR count). The monoisotopic (exact) mass is 246 g/mol. The zero-order chi connectivity index (χ0) is 13.7. The van der Waals surface area contributed by atoms with E-state index in [9.17, 15) is 0 Å². The molecule has 0 saturated heterocycles. The lowest BCUT2D eigenvalue weighted by Crippen LogP contribution is -1.91. The molecule has 0 nitrogen and oxygen atoms in total. The molecule has 0 saturated carbocycles. The predicted octanol–water partition coefficient (Wildman–Crippen LogP) is 5.21. The summed E-state index contributed by atoms with van der Waals surface area (Å²) in [6.45, 7) is 11.5. The number of benzene rings is 2. The molecule has 0 aliphatic heterocycles. The third-order valence-corrected chi connectivity index (χ3v) is 3.10. The van der Waals surface area contributed by atoms with Crippen LogP contribution in [0.3, 0.4) is 0 Å². The minimum Gasteiger partial charge on any atom is -0.0985 e. The van der Waals surface area contributed by atoms with Gasteiger partial charge >= 0.3 is 0 Å². The van der Waals surface area contributed by atoms with Gasteiger partial charge in [-0.3, -0.25) is 0 Å². The summed E-state index contributed by atoms with van der Waals surface area (Å²) in [5.74, 6) is 0. The van der Waals surface area contributed by atoms with Crippen molar-refractivity contribution in [2.75, 3.05) is 0 Å². The zero-order valence-electron chi connectivity index (χ0n) is 11.1. The van der Waals surface area contributed by atoms with E-state index in [2.05, 4.69) is 62.2 Å². The summed E-state index contributed by atoms with van der Waals surface area (Å²) in [6.07, 6.45) is 6.52. The van der Waals surface area contributed by atoms with Crippen LogP contribution >= 0.6 is 0 Å². The lowest BCUT2D eigenvalue weighted by atomic mass is 9.98. The molecule has 0 heteroatoms. The first-order valence-corrected chi connectivity index (χ1v) is 6.35. The molecule has 0 aromatic heterocycles. The van der Waals surface area contributed by atoms with E-state index in [0.29, 0.717) is 0 Å². The maximum absolute atomic E-state index is 3.83. The van der Waals surface area contributed by atoms with E-state index in [0.717, 1.165) is 23.1 Å². The highest BCUT2D eigenvalue weighted by Gasteiger charge is 2.00. The molecular formula is C19H18. The van der Waals surface area contributed by atoms with Gasteiger partial charge in [0, 0.05) is 0 Å². The van der Waals surface area contributed by atoms with E-state index in [1.165, 1.54) is 11.1 Å². The fourth-order valence-corrected chi connectivity index (χ4v) is 2.15. The summed E-state index contributed by atoms with van der Waals surface area (Å²) in [4.78, 5) is 0. The molecule has 2 aromatic carbocycles. The van der Waals surface area contributed by atoms with Crippen LogP contribution in [-0.4, -0.2) is 0 Å². The van der Waals surface area contributed by atoms with Gasteiger partial charge in [-0.15, -0.1) is 0 Å². The van der Waals surface area contributed by atoms with Crippen molar-refractivity contribution in [2.45, 2.75) is 6.42 Å². The van der Waals surface area contributed by atoms with E-state index in [1.54, 1.807) is 0 Å². The van der Waals surface area contributed by atoms with E-state index >= 15 is 0 Å².